The van der Waals surface area contributed by atoms with Crippen LogP contribution in [0.25, 0.3) is 0 Å². The van der Waals surface area contributed by atoms with Crippen LogP contribution in [0.2, 0.25) is 0 Å². The van der Waals surface area contributed by atoms with E-state index < -0.39 is 0 Å². The average molecular weight is 357 g/mol. The molecule has 0 saturated heterocycles. The molecule has 0 heteroatoms. The average Bonchev–Trinajstić information content (AvgIpc) is 2.68. The van der Waals surface area contributed by atoms with E-state index >= 15 is 0 Å². The van der Waals surface area contributed by atoms with Crippen molar-refractivity contribution in [2.24, 2.45) is 23.7 Å². The first kappa shape index (κ1) is 21.5. The van der Waals surface area contributed by atoms with Crippen molar-refractivity contribution >= 4 is 0 Å². The summed E-state index contributed by atoms with van der Waals surface area (Å²) >= 11 is 0. The summed E-state index contributed by atoms with van der Waals surface area (Å²) in [6.07, 6.45) is 34.2. The van der Waals surface area contributed by atoms with E-state index in [0.29, 0.717) is 0 Å². The van der Waals surface area contributed by atoms with Gasteiger partial charge in [0.2, 0.25) is 0 Å². The molecule has 0 spiro atoms. The van der Waals surface area contributed by atoms with E-state index in [2.05, 4.69) is 50.3 Å². The molecular formula is C26H44. The van der Waals surface area contributed by atoms with E-state index in [1.165, 1.54) is 89.9 Å². The third-order valence-electron chi connectivity index (χ3n) is 6.77. The van der Waals surface area contributed by atoms with Crippen LogP contribution in [0.15, 0.2) is 36.5 Å². The van der Waals surface area contributed by atoms with Crippen LogP contribution < -0.4 is 0 Å². The molecule has 0 unspecified atom stereocenters. The minimum absolute atomic E-state index is 0.882. The van der Waals surface area contributed by atoms with Gasteiger partial charge in [0.15, 0.2) is 0 Å². The largest absolute Gasteiger partial charge is 0.0917 e. The van der Waals surface area contributed by atoms with Crippen LogP contribution in [0.3, 0.4) is 0 Å². The molecule has 0 aromatic rings. The molecule has 2 rings (SSSR count). The van der Waals surface area contributed by atoms with Gasteiger partial charge in [0.25, 0.3) is 0 Å². The van der Waals surface area contributed by atoms with Gasteiger partial charge in [-0.1, -0.05) is 49.8 Å². The highest BCUT2D eigenvalue weighted by Gasteiger charge is 2.20. The Morgan fingerprint density at radius 1 is 0.615 bits per heavy atom. The third-order valence-corrected chi connectivity index (χ3v) is 6.77. The zero-order valence-corrected chi connectivity index (χ0v) is 17.7. The fourth-order valence-corrected chi connectivity index (χ4v) is 4.91. The lowest BCUT2D eigenvalue weighted by molar-refractivity contribution is 0.293. The zero-order valence-electron chi connectivity index (χ0n) is 17.7. The fourth-order valence-electron chi connectivity index (χ4n) is 4.91. The van der Waals surface area contributed by atoms with E-state index in [1.54, 1.807) is 0 Å². The molecule has 0 aromatic carbocycles. The molecule has 26 heavy (non-hydrogen) atoms. The molecule has 2 fully saturated rings. The summed E-state index contributed by atoms with van der Waals surface area (Å²) in [5, 5.41) is 0. The van der Waals surface area contributed by atoms with Crippen molar-refractivity contribution in [1.29, 1.82) is 0 Å². The standard InChI is InChI=1S/C26H44/c1-3-5-7-11-23-15-19-25(20-16-23)13-9-10-14-26-21-17-24(18-22-26)12-8-6-4-2/h3,5,8-9,12-13,23-26H,4,6-7,10-11,14-22H2,1-2H3/t23-,24-,25-,26-. The van der Waals surface area contributed by atoms with Crippen LogP contribution in [0.4, 0.5) is 0 Å². The second-order valence-electron chi connectivity index (χ2n) is 8.93. The Morgan fingerprint density at radius 3 is 1.54 bits per heavy atom. The first-order valence-corrected chi connectivity index (χ1v) is 11.8. The second kappa shape index (κ2) is 13.4. The smallest absolute Gasteiger partial charge is 0.0233 e. The van der Waals surface area contributed by atoms with Gasteiger partial charge in [0.1, 0.15) is 0 Å². The van der Waals surface area contributed by atoms with Gasteiger partial charge < -0.3 is 0 Å². The summed E-state index contributed by atoms with van der Waals surface area (Å²) in [5.41, 5.74) is 0. The first-order chi connectivity index (χ1) is 12.8. The van der Waals surface area contributed by atoms with Crippen LogP contribution in [-0.2, 0) is 0 Å². The summed E-state index contributed by atoms with van der Waals surface area (Å²) in [7, 11) is 0. The SMILES string of the molecule is CC=CCC[C@H]1CC[C@H](C=CCC[C@H]2CC[C@H](C=CCCC)CC2)CC1. The van der Waals surface area contributed by atoms with Crippen molar-refractivity contribution < 1.29 is 0 Å². The zero-order chi connectivity index (χ0) is 18.5. The molecule has 0 atom stereocenters. The second-order valence-corrected chi connectivity index (χ2v) is 8.93. The van der Waals surface area contributed by atoms with Crippen LogP contribution in [0.1, 0.15) is 104 Å². The highest BCUT2D eigenvalue weighted by atomic mass is 14.3. The van der Waals surface area contributed by atoms with Gasteiger partial charge in [-0.3, -0.25) is 0 Å². The van der Waals surface area contributed by atoms with Crippen molar-refractivity contribution in [3.8, 4) is 0 Å². The Bertz CT molecular complexity index is 411. The molecule has 0 amide bonds. The highest BCUT2D eigenvalue weighted by molar-refractivity contribution is 4.93. The first-order valence-electron chi connectivity index (χ1n) is 11.8. The summed E-state index contributed by atoms with van der Waals surface area (Å²) in [6, 6.07) is 0. The van der Waals surface area contributed by atoms with Gasteiger partial charge in [-0.25, -0.2) is 0 Å². The lowest BCUT2D eigenvalue weighted by atomic mass is 9.79. The van der Waals surface area contributed by atoms with E-state index in [1.807, 2.05) is 0 Å². The number of hydrogen-bond donors (Lipinski definition) is 0. The van der Waals surface area contributed by atoms with E-state index in [9.17, 15) is 0 Å². The topological polar surface area (TPSA) is 0 Å². The van der Waals surface area contributed by atoms with Crippen LogP contribution >= 0.6 is 0 Å². The predicted molar refractivity (Wildman–Crippen MR) is 117 cm³/mol. The fraction of sp³-hybridized carbons (Fsp3) is 0.769. The Morgan fingerprint density at radius 2 is 1.08 bits per heavy atom. The summed E-state index contributed by atoms with van der Waals surface area (Å²) in [5.74, 6) is 3.76. The lowest BCUT2D eigenvalue weighted by Gasteiger charge is -2.27. The summed E-state index contributed by atoms with van der Waals surface area (Å²) < 4.78 is 0. The minimum atomic E-state index is 0.882. The van der Waals surface area contributed by atoms with E-state index in [-0.39, 0.29) is 0 Å². The maximum Gasteiger partial charge on any atom is -0.0233 e. The van der Waals surface area contributed by atoms with Gasteiger partial charge in [-0.2, -0.15) is 0 Å². The number of unbranched alkanes of at least 4 members (excludes halogenated alkanes) is 1. The Kier molecular flexibility index (Phi) is 11.1. The molecule has 148 valence electrons. The normalized spacial score (nSPS) is 30.7. The Labute approximate surface area is 164 Å². The maximum absolute atomic E-state index is 2.57. The molecular weight excluding hydrogens is 312 g/mol. The molecule has 0 N–H and O–H groups in total. The number of hydrogen-bond acceptors (Lipinski definition) is 0. The molecule has 0 radical (unpaired) electrons. The van der Waals surface area contributed by atoms with Crippen molar-refractivity contribution in [3.63, 3.8) is 0 Å². The highest BCUT2D eigenvalue weighted by Crippen LogP contribution is 2.34. The maximum atomic E-state index is 2.57. The van der Waals surface area contributed by atoms with Gasteiger partial charge in [-0.15, -0.1) is 0 Å². The van der Waals surface area contributed by atoms with Crippen molar-refractivity contribution in [2.45, 2.75) is 104 Å². The van der Waals surface area contributed by atoms with Gasteiger partial charge in [0.05, 0.1) is 0 Å². The number of allylic oxidation sites excluding steroid dienone is 6. The molecule has 2 aliphatic rings. The van der Waals surface area contributed by atoms with E-state index in [4.69, 9.17) is 0 Å². The lowest BCUT2D eigenvalue weighted by Crippen LogP contribution is -2.13. The molecule has 0 heterocycles. The minimum Gasteiger partial charge on any atom is -0.0917 e. The Balaban J connectivity index is 1.52. The van der Waals surface area contributed by atoms with Gasteiger partial charge in [-0.05, 0) is 114 Å². The van der Waals surface area contributed by atoms with Gasteiger partial charge >= 0.3 is 0 Å². The van der Waals surface area contributed by atoms with E-state index in [0.717, 1.165) is 23.7 Å². The molecule has 0 nitrogen and oxygen atoms in total. The third kappa shape index (κ3) is 8.74. The molecule has 0 aromatic heterocycles. The molecule has 0 bridgehead atoms. The number of rotatable bonds is 10. The van der Waals surface area contributed by atoms with Gasteiger partial charge in [0, 0.05) is 0 Å². The summed E-state index contributed by atoms with van der Waals surface area (Å²) in [6.45, 7) is 4.41. The van der Waals surface area contributed by atoms with Crippen molar-refractivity contribution in [2.75, 3.05) is 0 Å². The molecule has 0 aliphatic heterocycles. The van der Waals surface area contributed by atoms with Crippen LogP contribution in [0.5, 0.6) is 0 Å². The quantitative estimate of drug-likeness (QED) is 0.343. The molecule has 2 saturated carbocycles. The Hall–Kier alpha value is -0.780. The van der Waals surface area contributed by atoms with Crippen LogP contribution in [0, 0.1) is 23.7 Å². The monoisotopic (exact) mass is 356 g/mol. The van der Waals surface area contributed by atoms with Crippen molar-refractivity contribution in [1.82, 2.24) is 0 Å². The predicted octanol–water partition coefficient (Wildman–Crippen LogP) is 8.65. The molecule has 2 aliphatic carbocycles. The van der Waals surface area contributed by atoms with Crippen LogP contribution in [-0.4, -0.2) is 0 Å². The van der Waals surface area contributed by atoms with Crippen molar-refractivity contribution in [3.05, 3.63) is 36.5 Å². The summed E-state index contributed by atoms with van der Waals surface area (Å²) in [4.78, 5) is 0.